The SMILES string of the molecule is Cc1cc(C)cc(C(C#N)C(C)C)c1. The zero-order valence-electron chi connectivity index (χ0n) is 9.33. The zero-order valence-corrected chi connectivity index (χ0v) is 9.33. The lowest BCUT2D eigenvalue weighted by Gasteiger charge is -2.14. The molecule has 0 fully saturated rings. The van der Waals surface area contributed by atoms with Gasteiger partial charge in [0.2, 0.25) is 0 Å². The maximum Gasteiger partial charge on any atom is 0.0735 e. The number of aryl methyl sites for hydroxylation is 2. The van der Waals surface area contributed by atoms with Crippen LogP contribution in [-0.4, -0.2) is 0 Å². The van der Waals surface area contributed by atoms with Gasteiger partial charge in [-0.05, 0) is 25.3 Å². The van der Waals surface area contributed by atoms with E-state index >= 15 is 0 Å². The second-order valence-electron chi connectivity index (χ2n) is 4.27. The van der Waals surface area contributed by atoms with Crippen molar-refractivity contribution in [3.8, 4) is 6.07 Å². The van der Waals surface area contributed by atoms with Gasteiger partial charge in [0.15, 0.2) is 0 Å². The molecule has 0 radical (unpaired) electrons. The molecule has 0 amide bonds. The maximum atomic E-state index is 9.08. The van der Waals surface area contributed by atoms with E-state index in [-0.39, 0.29) is 5.92 Å². The van der Waals surface area contributed by atoms with Gasteiger partial charge < -0.3 is 0 Å². The molecule has 0 aliphatic carbocycles. The first kappa shape index (κ1) is 10.8. The van der Waals surface area contributed by atoms with Crippen LogP contribution >= 0.6 is 0 Å². The van der Waals surface area contributed by atoms with E-state index in [2.05, 4.69) is 52.0 Å². The van der Waals surface area contributed by atoms with Crippen molar-refractivity contribution in [3.63, 3.8) is 0 Å². The minimum atomic E-state index is 0.0219. The first-order valence-electron chi connectivity index (χ1n) is 5.02. The summed E-state index contributed by atoms with van der Waals surface area (Å²) in [5.41, 5.74) is 3.63. The second-order valence-corrected chi connectivity index (χ2v) is 4.27. The van der Waals surface area contributed by atoms with E-state index in [0.717, 1.165) is 5.56 Å². The molecule has 0 saturated heterocycles. The highest BCUT2D eigenvalue weighted by atomic mass is 14.3. The van der Waals surface area contributed by atoms with Crippen LogP contribution in [0.4, 0.5) is 0 Å². The van der Waals surface area contributed by atoms with Crippen LogP contribution in [0, 0.1) is 31.1 Å². The van der Waals surface area contributed by atoms with E-state index in [1.54, 1.807) is 0 Å². The highest BCUT2D eigenvalue weighted by molar-refractivity contribution is 5.33. The Balaban J connectivity index is 3.12. The topological polar surface area (TPSA) is 23.8 Å². The van der Waals surface area contributed by atoms with Crippen molar-refractivity contribution in [2.24, 2.45) is 5.92 Å². The molecule has 1 aromatic rings. The van der Waals surface area contributed by atoms with Gasteiger partial charge in [-0.15, -0.1) is 0 Å². The lowest BCUT2D eigenvalue weighted by atomic mass is 9.88. The zero-order chi connectivity index (χ0) is 10.7. The first-order chi connectivity index (χ1) is 6.54. The summed E-state index contributed by atoms with van der Waals surface area (Å²) < 4.78 is 0. The number of nitriles is 1. The predicted octanol–water partition coefficient (Wildman–Crippen LogP) is 3.57. The van der Waals surface area contributed by atoms with Crippen molar-refractivity contribution in [2.45, 2.75) is 33.6 Å². The van der Waals surface area contributed by atoms with Crippen molar-refractivity contribution in [3.05, 3.63) is 34.9 Å². The molecular weight excluding hydrogens is 170 g/mol. The molecule has 1 aromatic carbocycles. The minimum Gasteiger partial charge on any atom is -0.198 e. The van der Waals surface area contributed by atoms with Crippen LogP contribution in [0.3, 0.4) is 0 Å². The summed E-state index contributed by atoms with van der Waals surface area (Å²) in [6.07, 6.45) is 0. The molecule has 0 aliphatic rings. The van der Waals surface area contributed by atoms with Crippen LogP contribution in [0.5, 0.6) is 0 Å². The molecule has 0 saturated carbocycles. The molecule has 0 spiro atoms. The standard InChI is InChI=1S/C13H17N/c1-9(2)13(8-14)12-6-10(3)5-11(4)7-12/h5-7,9,13H,1-4H3. The van der Waals surface area contributed by atoms with Gasteiger partial charge in [-0.2, -0.15) is 5.26 Å². The van der Waals surface area contributed by atoms with Crippen LogP contribution < -0.4 is 0 Å². The molecule has 1 atom stereocenters. The molecule has 1 unspecified atom stereocenters. The number of hydrogen-bond acceptors (Lipinski definition) is 1. The molecule has 0 bridgehead atoms. The Bertz CT molecular complexity index is 338. The Hall–Kier alpha value is -1.29. The van der Waals surface area contributed by atoms with Crippen LogP contribution in [0.2, 0.25) is 0 Å². The molecule has 0 aromatic heterocycles. The molecule has 1 rings (SSSR count). The molecule has 74 valence electrons. The Morgan fingerprint density at radius 3 is 1.93 bits per heavy atom. The highest BCUT2D eigenvalue weighted by Crippen LogP contribution is 2.25. The normalized spacial score (nSPS) is 12.6. The maximum absolute atomic E-state index is 9.08. The molecule has 1 nitrogen and oxygen atoms in total. The van der Waals surface area contributed by atoms with Gasteiger partial charge in [-0.1, -0.05) is 43.2 Å². The van der Waals surface area contributed by atoms with Gasteiger partial charge in [0.05, 0.1) is 12.0 Å². The third-order valence-corrected chi connectivity index (χ3v) is 2.41. The van der Waals surface area contributed by atoms with Crippen LogP contribution in [0.15, 0.2) is 18.2 Å². The van der Waals surface area contributed by atoms with E-state index in [1.165, 1.54) is 11.1 Å². The van der Waals surface area contributed by atoms with E-state index in [1.807, 2.05) is 0 Å². The molecule has 0 heterocycles. The van der Waals surface area contributed by atoms with Crippen LogP contribution in [0.1, 0.15) is 36.5 Å². The summed E-state index contributed by atoms with van der Waals surface area (Å²) in [6.45, 7) is 8.33. The van der Waals surface area contributed by atoms with E-state index in [9.17, 15) is 0 Å². The van der Waals surface area contributed by atoms with Crippen molar-refractivity contribution in [1.29, 1.82) is 5.26 Å². The first-order valence-corrected chi connectivity index (χ1v) is 5.02. The third kappa shape index (κ3) is 2.35. The van der Waals surface area contributed by atoms with Crippen molar-refractivity contribution < 1.29 is 0 Å². The van der Waals surface area contributed by atoms with Crippen molar-refractivity contribution in [2.75, 3.05) is 0 Å². The quantitative estimate of drug-likeness (QED) is 0.694. The predicted molar refractivity (Wildman–Crippen MR) is 59.1 cm³/mol. The summed E-state index contributed by atoms with van der Waals surface area (Å²) in [5, 5.41) is 9.08. The average Bonchev–Trinajstić information content (AvgIpc) is 2.02. The molecule has 1 heteroatoms. The van der Waals surface area contributed by atoms with Gasteiger partial charge in [-0.25, -0.2) is 0 Å². The average molecular weight is 187 g/mol. The second kappa shape index (κ2) is 4.28. The largest absolute Gasteiger partial charge is 0.198 e. The van der Waals surface area contributed by atoms with Crippen molar-refractivity contribution in [1.82, 2.24) is 0 Å². The summed E-state index contributed by atoms with van der Waals surface area (Å²) >= 11 is 0. The Morgan fingerprint density at radius 2 is 1.57 bits per heavy atom. The van der Waals surface area contributed by atoms with Gasteiger partial charge >= 0.3 is 0 Å². The molecule has 0 N–H and O–H groups in total. The third-order valence-electron chi connectivity index (χ3n) is 2.41. The number of benzene rings is 1. The van der Waals surface area contributed by atoms with E-state index in [4.69, 9.17) is 5.26 Å². The molecular formula is C13H17N. The van der Waals surface area contributed by atoms with Crippen LogP contribution in [0.25, 0.3) is 0 Å². The van der Waals surface area contributed by atoms with Gasteiger partial charge in [0.25, 0.3) is 0 Å². The summed E-state index contributed by atoms with van der Waals surface area (Å²) in [5.74, 6) is 0.398. The van der Waals surface area contributed by atoms with Crippen LogP contribution in [-0.2, 0) is 0 Å². The monoisotopic (exact) mass is 187 g/mol. The lowest BCUT2D eigenvalue weighted by molar-refractivity contribution is 0.587. The fraction of sp³-hybridized carbons (Fsp3) is 0.462. The Labute approximate surface area is 86.4 Å². The van der Waals surface area contributed by atoms with Gasteiger partial charge in [0.1, 0.15) is 0 Å². The number of nitrogens with zero attached hydrogens (tertiary/aromatic N) is 1. The summed E-state index contributed by atoms with van der Waals surface area (Å²) in [6, 6.07) is 8.73. The summed E-state index contributed by atoms with van der Waals surface area (Å²) in [7, 11) is 0. The number of rotatable bonds is 2. The fourth-order valence-corrected chi connectivity index (χ4v) is 1.80. The molecule has 14 heavy (non-hydrogen) atoms. The summed E-state index contributed by atoms with van der Waals surface area (Å²) in [4.78, 5) is 0. The van der Waals surface area contributed by atoms with E-state index < -0.39 is 0 Å². The minimum absolute atomic E-state index is 0.0219. The van der Waals surface area contributed by atoms with Crippen molar-refractivity contribution >= 4 is 0 Å². The Kier molecular flexibility index (Phi) is 3.30. The highest BCUT2D eigenvalue weighted by Gasteiger charge is 2.15. The number of hydrogen-bond donors (Lipinski definition) is 0. The molecule has 0 aliphatic heterocycles. The smallest absolute Gasteiger partial charge is 0.0735 e. The van der Waals surface area contributed by atoms with Gasteiger partial charge in [0, 0.05) is 0 Å². The van der Waals surface area contributed by atoms with Gasteiger partial charge in [-0.3, -0.25) is 0 Å². The Morgan fingerprint density at radius 1 is 1.07 bits per heavy atom. The fourth-order valence-electron chi connectivity index (χ4n) is 1.80. The lowest BCUT2D eigenvalue weighted by Crippen LogP contribution is -2.04. The van der Waals surface area contributed by atoms with E-state index in [0.29, 0.717) is 5.92 Å².